The summed E-state index contributed by atoms with van der Waals surface area (Å²) in [7, 11) is 0. The number of hydrazine groups is 1. The molecule has 0 fully saturated rings. The molecule has 0 aromatic heterocycles. The second kappa shape index (κ2) is 6.70. The van der Waals surface area contributed by atoms with Gasteiger partial charge in [0, 0.05) is 10.6 Å². The second-order valence-corrected chi connectivity index (χ2v) is 4.65. The van der Waals surface area contributed by atoms with Crippen molar-refractivity contribution >= 4 is 11.6 Å². The lowest BCUT2D eigenvalue weighted by atomic mass is 9.98. The molecule has 3 N–H and O–H groups in total. The minimum Gasteiger partial charge on any atom is -0.494 e. The van der Waals surface area contributed by atoms with Crippen LogP contribution in [0.3, 0.4) is 0 Å². The van der Waals surface area contributed by atoms with Crippen molar-refractivity contribution in [3.05, 3.63) is 64.4 Å². The van der Waals surface area contributed by atoms with Gasteiger partial charge in [-0.15, -0.1) is 0 Å². The van der Waals surface area contributed by atoms with Gasteiger partial charge in [-0.25, -0.2) is 9.82 Å². The lowest BCUT2D eigenvalue weighted by molar-refractivity contribution is 0.339. The Morgan fingerprint density at radius 2 is 2.05 bits per heavy atom. The SMILES string of the molecule is CCOc1cccc(C(NN)c2c(F)cccc2Cl)c1. The monoisotopic (exact) mass is 294 g/mol. The third kappa shape index (κ3) is 3.10. The molecule has 0 radical (unpaired) electrons. The smallest absolute Gasteiger partial charge is 0.129 e. The molecule has 0 amide bonds. The van der Waals surface area contributed by atoms with Crippen LogP contribution in [0, 0.1) is 5.82 Å². The van der Waals surface area contributed by atoms with Crippen LogP contribution in [0.15, 0.2) is 42.5 Å². The van der Waals surface area contributed by atoms with E-state index in [4.69, 9.17) is 22.2 Å². The van der Waals surface area contributed by atoms with Crippen LogP contribution in [0.25, 0.3) is 0 Å². The van der Waals surface area contributed by atoms with Gasteiger partial charge in [0.2, 0.25) is 0 Å². The molecule has 0 aliphatic carbocycles. The average Bonchev–Trinajstić information content (AvgIpc) is 2.44. The largest absolute Gasteiger partial charge is 0.494 e. The quantitative estimate of drug-likeness (QED) is 0.656. The van der Waals surface area contributed by atoms with E-state index in [1.54, 1.807) is 12.1 Å². The van der Waals surface area contributed by atoms with Crippen LogP contribution in [-0.2, 0) is 0 Å². The number of ether oxygens (including phenoxy) is 1. The molecular formula is C15H16ClFN2O. The van der Waals surface area contributed by atoms with Crippen LogP contribution in [0.2, 0.25) is 5.02 Å². The summed E-state index contributed by atoms with van der Waals surface area (Å²) < 4.78 is 19.5. The fourth-order valence-corrected chi connectivity index (χ4v) is 2.36. The zero-order valence-electron chi connectivity index (χ0n) is 11.1. The first-order valence-electron chi connectivity index (χ1n) is 6.30. The molecule has 2 rings (SSSR count). The number of hydrogen-bond donors (Lipinski definition) is 2. The standard InChI is InChI=1S/C15H16ClFN2O/c1-2-20-11-6-3-5-10(9-11)15(19-18)14-12(16)7-4-8-13(14)17/h3-9,15,19H,2,18H2,1H3. The third-order valence-electron chi connectivity index (χ3n) is 2.96. The molecule has 106 valence electrons. The van der Waals surface area contributed by atoms with Crippen LogP contribution in [0.1, 0.15) is 24.1 Å². The van der Waals surface area contributed by atoms with E-state index in [0.717, 1.165) is 5.56 Å². The normalized spacial score (nSPS) is 12.2. The van der Waals surface area contributed by atoms with Gasteiger partial charge in [0.1, 0.15) is 11.6 Å². The van der Waals surface area contributed by atoms with Crippen LogP contribution in [0.4, 0.5) is 4.39 Å². The molecular weight excluding hydrogens is 279 g/mol. The molecule has 1 unspecified atom stereocenters. The molecule has 0 bridgehead atoms. The van der Waals surface area contributed by atoms with Gasteiger partial charge >= 0.3 is 0 Å². The van der Waals surface area contributed by atoms with Crippen molar-refractivity contribution in [3.63, 3.8) is 0 Å². The van der Waals surface area contributed by atoms with Gasteiger partial charge in [-0.1, -0.05) is 29.8 Å². The van der Waals surface area contributed by atoms with Crippen molar-refractivity contribution < 1.29 is 9.13 Å². The van der Waals surface area contributed by atoms with E-state index in [0.29, 0.717) is 22.9 Å². The Kier molecular flexibility index (Phi) is 4.95. The van der Waals surface area contributed by atoms with Gasteiger partial charge in [-0.05, 0) is 36.8 Å². The Labute approximate surface area is 122 Å². The van der Waals surface area contributed by atoms with Gasteiger partial charge in [-0.2, -0.15) is 0 Å². The maximum Gasteiger partial charge on any atom is 0.129 e. The summed E-state index contributed by atoms with van der Waals surface area (Å²) in [5.41, 5.74) is 3.71. The molecule has 2 aromatic carbocycles. The van der Waals surface area contributed by atoms with Crippen molar-refractivity contribution in [2.45, 2.75) is 13.0 Å². The topological polar surface area (TPSA) is 47.3 Å². The summed E-state index contributed by atoms with van der Waals surface area (Å²) in [6, 6.07) is 11.3. The van der Waals surface area contributed by atoms with Crippen molar-refractivity contribution in [2.24, 2.45) is 5.84 Å². The Hall–Kier alpha value is -1.62. The molecule has 0 saturated heterocycles. The summed E-state index contributed by atoms with van der Waals surface area (Å²) in [5, 5.41) is 0.328. The second-order valence-electron chi connectivity index (χ2n) is 4.24. The first-order chi connectivity index (χ1) is 9.67. The molecule has 20 heavy (non-hydrogen) atoms. The maximum atomic E-state index is 14.0. The van der Waals surface area contributed by atoms with Crippen molar-refractivity contribution in [1.82, 2.24) is 5.43 Å². The third-order valence-corrected chi connectivity index (χ3v) is 3.29. The molecule has 0 aliphatic heterocycles. The van der Waals surface area contributed by atoms with E-state index in [1.807, 2.05) is 31.2 Å². The Bertz CT molecular complexity index is 572. The van der Waals surface area contributed by atoms with Gasteiger partial charge in [-0.3, -0.25) is 5.84 Å². The fraction of sp³-hybridized carbons (Fsp3) is 0.200. The van der Waals surface area contributed by atoms with Crippen LogP contribution >= 0.6 is 11.6 Å². The molecule has 0 saturated carbocycles. The van der Waals surface area contributed by atoms with Gasteiger partial charge < -0.3 is 4.74 Å². The lowest BCUT2D eigenvalue weighted by Gasteiger charge is -2.19. The molecule has 5 heteroatoms. The first-order valence-corrected chi connectivity index (χ1v) is 6.68. The van der Waals surface area contributed by atoms with E-state index in [-0.39, 0.29) is 0 Å². The minimum absolute atomic E-state index is 0.324. The zero-order valence-corrected chi connectivity index (χ0v) is 11.8. The molecule has 2 aromatic rings. The molecule has 1 atom stereocenters. The number of halogens is 2. The summed E-state index contributed by atoms with van der Waals surface area (Å²) in [6.45, 7) is 2.46. The van der Waals surface area contributed by atoms with Gasteiger partial charge in [0.05, 0.1) is 12.6 Å². The highest BCUT2D eigenvalue weighted by molar-refractivity contribution is 6.31. The van der Waals surface area contributed by atoms with E-state index in [1.165, 1.54) is 6.07 Å². The Morgan fingerprint density at radius 3 is 2.70 bits per heavy atom. The Balaban J connectivity index is 2.44. The van der Waals surface area contributed by atoms with Crippen LogP contribution < -0.4 is 16.0 Å². The van der Waals surface area contributed by atoms with Crippen LogP contribution in [-0.4, -0.2) is 6.61 Å². The molecule has 0 spiro atoms. The van der Waals surface area contributed by atoms with Crippen molar-refractivity contribution in [2.75, 3.05) is 6.61 Å². The van der Waals surface area contributed by atoms with Crippen LogP contribution in [0.5, 0.6) is 5.75 Å². The molecule has 0 heterocycles. The predicted molar refractivity (Wildman–Crippen MR) is 78.2 cm³/mol. The summed E-state index contributed by atoms with van der Waals surface area (Å²) in [6.07, 6.45) is 0. The average molecular weight is 295 g/mol. The first kappa shape index (κ1) is 14.8. The van der Waals surface area contributed by atoms with E-state index >= 15 is 0 Å². The minimum atomic E-state index is -0.538. The summed E-state index contributed by atoms with van der Waals surface area (Å²) in [5.74, 6) is 5.89. The number of nitrogens with one attached hydrogen (secondary N) is 1. The van der Waals surface area contributed by atoms with Gasteiger partial charge in [0.25, 0.3) is 0 Å². The lowest BCUT2D eigenvalue weighted by Crippen LogP contribution is -2.29. The number of rotatable bonds is 5. The highest BCUT2D eigenvalue weighted by Gasteiger charge is 2.20. The summed E-state index contributed by atoms with van der Waals surface area (Å²) in [4.78, 5) is 0. The fourth-order valence-electron chi connectivity index (χ4n) is 2.08. The highest BCUT2D eigenvalue weighted by Crippen LogP contribution is 2.31. The summed E-state index contributed by atoms with van der Waals surface area (Å²) >= 11 is 6.09. The van der Waals surface area contributed by atoms with E-state index in [2.05, 4.69) is 5.43 Å². The van der Waals surface area contributed by atoms with Crippen molar-refractivity contribution in [1.29, 1.82) is 0 Å². The number of hydrogen-bond acceptors (Lipinski definition) is 3. The maximum absolute atomic E-state index is 14.0. The number of benzene rings is 2. The van der Waals surface area contributed by atoms with E-state index in [9.17, 15) is 4.39 Å². The Morgan fingerprint density at radius 1 is 1.30 bits per heavy atom. The highest BCUT2D eigenvalue weighted by atomic mass is 35.5. The molecule has 3 nitrogen and oxygen atoms in total. The van der Waals surface area contributed by atoms with Crippen molar-refractivity contribution in [3.8, 4) is 5.75 Å². The zero-order chi connectivity index (χ0) is 14.5. The number of nitrogens with two attached hydrogens (primary N) is 1. The molecule has 0 aliphatic rings. The van der Waals surface area contributed by atoms with E-state index < -0.39 is 11.9 Å². The predicted octanol–water partition coefficient (Wildman–Crippen LogP) is 3.43. The van der Waals surface area contributed by atoms with Gasteiger partial charge in [0.15, 0.2) is 0 Å².